The zero-order valence-electron chi connectivity index (χ0n) is 19.0. The number of carbonyl (C=O) groups excluding carboxylic acids is 5. The maximum atomic E-state index is 12.4. The number of nitrogens with zero attached hydrogens (tertiary/aromatic N) is 1. The van der Waals surface area contributed by atoms with Crippen LogP contribution in [0.5, 0.6) is 0 Å². The lowest BCUT2D eigenvalue weighted by Crippen LogP contribution is -2.37. The highest BCUT2D eigenvalue weighted by Crippen LogP contribution is 2.26. The van der Waals surface area contributed by atoms with E-state index in [0.29, 0.717) is 17.5 Å². The molecule has 0 radical (unpaired) electrons. The van der Waals surface area contributed by atoms with Gasteiger partial charge in [0, 0.05) is 43.5 Å². The van der Waals surface area contributed by atoms with Crippen molar-refractivity contribution in [3.63, 3.8) is 0 Å². The van der Waals surface area contributed by atoms with Gasteiger partial charge in [-0.1, -0.05) is 15.9 Å². The Hall–Kier alpha value is -2.95. The minimum atomic E-state index is -0.605. The molecule has 1 aliphatic heterocycles. The van der Waals surface area contributed by atoms with Gasteiger partial charge in [0.1, 0.15) is 5.60 Å². The molecule has 0 aliphatic carbocycles. The van der Waals surface area contributed by atoms with Gasteiger partial charge in [0.15, 0.2) is 0 Å². The standard InChI is InChI=1S/C22H29BrN4O6/c1-22(2,3)33-21(32)26-9-8-18(29)25-11-10-24-17(28)5-4-12-27-19(30)15-7-6-14(23)13-16(15)20(27)31/h6-7,13H,4-5,8-12H2,1-3H3,(H,24,28)(H,25,29)(H,26,32). The first kappa shape index (κ1) is 26.3. The third-order valence-electron chi connectivity index (χ3n) is 4.51. The molecule has 2 rings (SSSR count). The van der Waals surface area contributed by atoms with Crippen molar-refractivity contribution in [1.29, 1.82) is 0 Å². The monoisotopic (exact) mass is 524 g/mol. The van der Waals surface area contributed by atoms with Crippen LogP contribution in [0.1, 0.15) is 60.7 Å². The van der Waals surface area contributed by atoms with Crippen LogP contribution in [0, 0.1) is 0 Å². The molecule has 0 fully saturated rings. The predicted molar refractivity (Wildman–Crippen MR) is 124 cm³/mol. The van der Waals surface area contributed by atoms with Gasteiger partial charge in [0.05, 0.1) is 11.1 Å². The molecule has 0 aromatic heterocycles. The number of nitrogens with one attached hydrogen (secondary N) is 3. The fraction of sp³-hybridized carbons (Fsp3) is 0.500. The number of benzene rings is 1. The maximum absolute atomic E-state index is 12.4. The second-order valence-electron chi connectivity index (χ2n) is 8.43. The summed E-state index contributed by atoms with van der Waals surface area (Å²) < 4.78 is 5.79. The Morgan fingerprint density at radius 1 is 0.909 bits per heavy atom. The Balaban J connectivity index is 1.56. The fourth-order valence-electron chi connectivity index (χ4n) is 3.04. The van der Waals surface area contributed by atoms with Crippen LogP contribution in [0.3, 0.4) is 0 Å². The normalized spacial score (nSPS) is 12.9. The van der Waals surface area contributed by atoms with E-state index < -0.39 is 11.7 Å². The van der Waals surface area contributed by atoms with Crippen LogP contribution >= 0.6 is 15.9 Å². The van der Waals surface area contributed by atoms with Gasteiger partial charge in [0.2, 0.25) is 11.8 Å². The van der Waals surface area contributed by atoms with Crippen molar-refractivity contribution < 1.29 is 28.7 Å². The summed E-state index contributed by atoms with van der Waals surface area (Å²) in [6, 6.07) is 4.93. The first-order chi connectivity index (χ1) is 15.5. The van der Waals surface area contributed by atoms with Crippen LogP contribution in [0.15, 0.2) is 22.7 Å². The maximum Gasteiger partial charge on any atom is 0.407 e. The van der Waals surface area contributed by atoms with Crippen LogP contribution in [0.25, 0.3) is 0 Å². The zero-order valence-corrected chi connectivity index (χ0v) is 20.5. The number of carbonyl (C=O) groups is 5. The molecule has 0 bridgehead atoms. The van der Waals surface area contributed by atoms with E-state index in [1.165, 1.54) is 0 Å². The van der Waals surface area contributed by atoms with Gasteiger partial charge in [0.25, 0.3) is 11.8 Å². The summed E-state index contributed by atoms with van der Waals surface area (Å²) in [6.07, 6.45) is -0.0209. The molecular weight excluding hydrogens is 496 g/mol. The van der Waals surface area contributed by atoms with Gasteiger partial charge in [-0.25, -0.2) is 4.79 Å². The first-order valence-corrected chi connectivity index (χ1v) is 11.4. The third kappa shape index (κ3) is 8.49. The fourth-order valence-corrected chi connectivity index (χ4v) is 3.40. The molecular formula is C22H29BrN4O6. The minimum Gasteiger partial charge on any atom is -0.444 e. The number of alkyl carbamates (subject to hydrolysis) is 1. The minimum absolute atomic E-state index is 0.0873. The van der Waals surface area contributed by atoms with Crippen molar-refractivity contribution in [1.82, 2.24) is 20.9 Å². The van der Waals surface area contributed by atoms with Gasteiger partial charge in [-0.2, -0.15) is 0 Å². The molecule has 1 heterocycles. The Bertz CT molecular complexity index is 928. The van der Waals surface area contributed by atoms with E-state index in [1.807, 2.05) is 0 Å². The number of hydrogen-bond acceptors (Lipinski definition) is 6. The number of amides is 5. The molecule has 5 amide bonds. The molecule has 1 aromatic rings. The molecule has 1 aromatic carbocycles. The van der Waals surface area contributed by atoms with Gasteiger partial charge in [-0.15, -0.1) is 0 Å². The Morgan fingerprint density at radius 3 is 2.15 bits per heavy atom. The van der Waals surface area contributed by atoms with Crippen molar-refractivity contribution in [2.75, 3.05) is 26.2 Å². The van der Waals surface area contributed by atoms with Crippen molar-refractivity contribution in [2.24, 2.45) is 0 Å². The van der Waals surface area contributed by atoms with Gasteiger partial charge in [-0.05, 0) is 45.4 Å². The molecule has 1 aliphatic rings. The van der Waals surface area contributed by atoms with Crippen LogP contribution in [0.2, 0.25) is 0 Å². The Kier molecular flexibility index (Phi) is 9.39. The van der Waals surface area contributed by atoms with E-state index in [2.05, 4.69) is 31.9 Å². The van der Waals surface area contributed by atoms with Crippen LogP contribution in [-0.2, 0) is 14.3 Å². The second kappa shape index (κ2) is 11.8. The summed E-state index contributed by atoms with van der Waals surface area (Å²) >= 11 is 3.29. The summed E-state index contributed by atoms with van der Waals surface area (Å²) in [7, 11) is 0. The Labute approximate surface area is 200 Å². The number of ether oxygens (including phenoxy) is 1. The van der Waals surface area contributed by atoms with E-state index in [0.717, 1.165) is 9.37 Å². The van der Waals surface area contributed by atoms with E-state index in [9.17, 15) is 24.0 Å². The average Bonchev–Trinajstić information content (AvgIpc) is 2.94. The Morgan fingerprint density at radius 2 is 1.52 bits per heavy atom. The number of hydrogen-bond donors (Lipinski definition) is 3. The molecule has 0 saturated carbocycles. The van der Waals surface area contributed by atoms with E-state index in [4.69, 9.17) is 4.74 Å². The molecule has 0 saturated heterocycles. The summed E-state index contributed by atoms with van der Waals surface area (Å²) in [4.78, 5) is 61.1. The lowest BCUT2D eigenvalue weighted by Gasteiger charge is -2.19. The summed E-state index contributed by atoms with van der Waals surface area (Å²) in [6.45, 7) is 6.02. The largest absolute Gasteiger partial charge is 0.444 e. The zero-order chi connectivity index (χ0) is 24.6. The lowest BCUT2D eigenvalue weighted by molar-refractivity contribution is -0.122. The third-order valence-corrected chi connectivity index (χ3v) is 5.00. The second-order valence-corrected chi connectivity index (χ2v) is 9.35. The first-order valence-electron chi connectivity index (χ1n) is 10.6. The van der Waals surface area contributed by atoms with Crippen LogP contribution in [-0.4, -0.2) is 66.4 Å². The summed E-state index contributed by atoms with van der Waals surface area (Å²) in [5.41, 5.74) is 0.118. The number of fused-ring (bicyclic) bond motifs is 1. The van der Waals surface area contributed by atoms with E-state index in [1.54, 1.807) is 39.0 Å². The van der Waals surface area contributed by atoms with E-state index >= 15 is 0 Å². The molecule has 0 spiro atoms. The lowest BCUT2D eigenvalue weighted by atomic mass is 10.1. The highest BCUT2D eigenvalue weighted by Gasteiger charge is 2.35. The molecule has 0 atom stereocenters. The predicted octanol–water partition coefficient (Wildman–Crippen LogP) is 1.97. The van der Waals surface area contributed by atoms with Gasteiger partial charge < -0.3 is 20.7 Å². The molecule has 180 valence electrons. The molecule has 0 unspecified atom stereocenters. The number of halogens is 1. The molecule has 11 heteroatoms. The van der Waals surface area contributed by atoms with Crippen LogP contribution < -0.4 is 16.0 Å². The van der Waals surface area contributed by atoms with Gasteiger partial charge >= 0.3 is 6.09 Å². The summed E-state index contributed by atoms with van der Waals surface area (Å²) in [5.74, 6) is -1.22. The van der Waals surface area contributed by atoms with Crippen molar-refractivity contribution in [3.8, 4) is 0 Å². The highest BCUT2D eigenvalue weighted by atomic mass is 79.9. The van der Waals surface area contributed by atoms with Crippen molar-refractivity contribution in [2.45, 2.75) is 45.6 Å². The molecule has 33 heavy (non-hydrogen) atoms. The smallest absolute Gasteiger partial charge is 0.407 e. The van der Waals surface area contributed by atoms with Crippen molar-refractivity contribution in [3.05, 3.63) is 33.8 Å². The molecule has 3 N–H and O–H groups in total. The molecule has 10 nitrogen and oxygen atoms in total. The van der Waals surface area contributed by atoms with Gasteiger partial charge in [-0.3, -0.25) is 24.1 Å². The van der Waals surface area contributed by atoms with E-state index in [-0.39, 0.29) is 62.6 Å². The highest BCUT2D eigenvalue weighted by molar-refractivity contribution is 9.10. The number of rotatable bonds is 10. The average molecular weight is 525 g/mol. The SMILES string of the molecule is CC(C)(C)OC(=O)NCCC(=O)NCCNC(=O)CCCN1C(=O)c2ccc(Br)cc2C1=O. The van der Waals surface area contributed by atoms with Crippen molar-refractivity contribution >= 4 is 45.7 Å². The quantitative estimate of drug-likeness (QED) is 0.316. The van der Waals surface area contributed by atoms with Crippen LogP contribution in [0.4, 0.5) is 4.79 Å². The number of imide groups is 1. The summed E-state index contributed by atoms with van der Waals surface area (Å²) in [5, 5.41) is 7.81. The topological polar surface area (TPSA) is 134 Å².